The lowest BCUT2D eigenvalue weighted by Gasteiger charge is -2.33. The molecule has 0 heterocycles. The summed E-state index contributed by atoms with van der Waals surface area (Å²) in [6.07, 6.45) is 31.6. The van der Waals surface area contributed by atoms with E-state index in [1.165, 1.54) is 174 Å². The molecule has 12 nitrogen and oxygen atoms in total. The lowest BCUT2D eigenvalue weighted by atomic mass is 10.1. The molecule has 0 atom stereocenters. The second kappa shape index (κ2) is 65.6. The van der Waals surface area contributed by atoms with Crippen molar-refractivity contribution >= 4 is 48.6 Å². The summed E-state index contributed by atoms with van der Waals surface area (Å²) in [6.45, 7) is 17.6. The summed E-state index contributed by atoms with van der Waals surface area (Å²) in [5.41, 5.74) is 9.40. The maximum Gasteiger partial charge on any atom is 0.128 e. The standard InChI is InChI=1S/C48H78N4O2.C44H70N4O2.3CH4.8HI/c1-49(2,3)37-39-51(7,8)35-15-11-13-17-41-53-47-31-27-45(28-32-47)25-23-43-19-21-44(22-20-43)24-26-46-29-33-48(34-30-46)54-42-18-14-12-16-36-52(9,10)40-38-50(4,5)6;1-45(2,3)33-35-47(7,8)31-11-13-37-49-43-27-23-41(24-28-43)21-19-39-15-17-40(18-16-39)20-22-42-25-29-44(30-26-42)50-38-14-12-32-48(9,10)36-34-46(4,5)6;;;;;;;;;;;/h19-34H,11-18,35-42H2,1-10H3;15-30H,11-14,31-38H2,1-10H3;3*1H4;8*1H/q2*+4;;;;;;;;;;;/p-8/b25-23+,26-24+;21-19+,22-20+;;;;;;;;;;;. The summed E-state index contributed by atoms with van der Waals surface area (Å²) in [5.74, 6) is 3.78. The van der Waals surface area contributed by atoms with Crippen molar-refractivity contribution in [1.82, 2.24) is 0 Å². The van der Waals surface area contributed by atoms with Gasteiger partial charge in [-0.25, -0.2) is 0 Å². The number of hydrogen-bond donors (Lipinski definition) is 0. The zero-order valence-corrected chi connectivity index (χ0v) is 89.8. The average molecular weight is 2490 g/mol. The van der Waals surface area contributed by atoms with Crippen LogP contribution in [-0.2, 0) is 0 Å². The fourth-order valence-corrected chi connectivity index (χ4v) is 11.7. The number of likely N-dealkylation sites (N-methyl/N-ethyl adjacent to an activating group) is 8. The van der Waals surface area contributed by atoms with Crippen LogP contribution in [0.3, 0.4) is 0 Å². The van der Waals surface area contributed by atoms with E-state index in [1.54, 1.807) is 0 Å². The van der Waals surface area contributed by atoms with E-state index in [1.807, 2.05) is 0 Å². The number of ether oxygens (including phenoxy) is 4. The Balaban J connectivity index is -0.000000371. The molecule has 6 rings (SSSR count). The monoisotopic (exact) mass is 2490 g/mol. The molecule has 115 heavy (non-hydrogen) atoms. The van der Waals surface area contributed by atoms with Crippen LogP contribution in [0, 0.1) is 0 Å². The molecule has 0 aliphatic rings. The third-order valence-electron chi connectivity index (χ3n) is 19.5. The first-order valence-corrected chi connectivity index (χ1v) is 39.3. The largest absolute Gasteiger partial charge is 1.00 e. The van der Waals surface area contributed by atoms with Crippen LogP contribution in [0.2, 0.25) is 0 Å². The van der Waals surface area contributed by atoms with Gasteiger partial charge < -0.3 is 247 Å². The second-order valence-electron chi connectivity index (χ2n) is 36.2. The van der Waals surface area contributed by atoms with Gasteiger partial charge in [-0.05, 0) is 170 Å². The van der Waals surface area contributed by atoms with E-state index in [0.717, 1.165) is 111 Å². The minimum absolute atomic E-state index is 0. The van der Waals surface area contributed by atoms with Crippen molar-refractivity contribution in [1.29, 1.82) is 0 Å². The minimum atomic E-state index is 0. The van der Waals surface area contributed by atoms with E-state index in [2.05, 4.69) is 335 Å². The summed E-state index contributed by atoms with van der Waals surface area (Å²) < 4.78 is 32.6. The van der Waals surface area contributed by atoms with Gasteiger partial charge in [-0.2, -0.15) is 0 Å². The van der Waals surface area contributed by atoms with Crippen molar-refractivity contribution in [2.24, 2.45) is 0 Å². The van der Waals surface area contributed by atoms with Crippen LogP contribution in [0.15, 0.2) is 146 Å². The molecule has 6 aromatic carbocycles. The third kappa shape index (κ3) is 64.4. The van der Waals surface area contributed by atoms with Gasteiger partial charge in [-0.15, -0.1) is 0 Å². The number of hydrogen-bond acceptors (Lipinski definition) is 4. The Kier molecular flexibility index (Phi) is 72.5. The molecule has 0 aliphatic heterocycles. The number of nitrogens with zero attached hydrogens (tertiary/aromatic N) is 8. The first-order valence-electron chi connectivity index (χ1n) is 39.3. The van der Waals surface area contributed by atoms with Crippen LogP contribution >= 0.6 is 0 Å². The van der Waals surface area contributed by atoms with Crippen molar-refractivity contribution < 1.29 is 247 Å². The lowest BCUT2D eigenvalue weighted by Crippen LogP contribution is -3.00. The molecule has 20 heteroatoms. The van der Waals surface area contributed by atoms with Crippen molar-refractivity contribution in [2.75, 3.05) is 246 Å². The maximum absolute atomic E-state index is 6.03. The Morgan fingerprint density at radius 1 is 0.174 bits per heavy atom. The van der Waals surface area contributed by atoms with Gasteiger partial charge in [-0.1, -0.05) is 168 Å². The molecule has 0 unspecified atom stereocenters. The predicted octanol–water partition coefficient (Wildman–Crippen LogP) is -4.68. The zero-order chi connectivity index (χ0) is 76.2. The van der Waals surface area contributed by atoms with Gasteiger partial charge in [0.25, 0.3) is 0 Å². The number of rotatable bonds is 48. The molecule has 0 spiro atoms. The van der Waals surface area contributed by atoms with Crippen molar-refractivity contribution in [2.45, 2.75) is 99.3 Å². The van der Waals surface area contributed by atoms with Crippen LogP contribution in [0.1, 0.15) is 144 Å². The highest BCUT2D eigenvalue weighted by molar-refractivity contribution is 5.75. The minimum Gasteiger partial charge on any atom is -1.00 e. The highest BCUT2D eigenvalue weighted by Gasteiger charge is 2.23. The summed E-state index contributed by atoms with van der Waals surface area (Å²) in [6, 6.07) is 51.0. The number of quaternary nitrogens is 8. The molecule has 0 radical (unpaired) electrons. The van der Waals surface area contributed by atoms with Crippen LogP contribution in [-0.4, -0.2) is 282 Å². The molecule has 0 saturated carbocycles. The smallest absolute Gasteiger partial charge is 0.128 e. The SMILES string of the molecule is C.C.C.C[N+](C)(C)CC[N+](C)(C)CCCCCCOc1ccc(/C=C/c2ccc(/C=C/c3ccc(OCCCCCC[N+](C)(C)CC[N+](C)(C)C)cc3)cc2)cc1.C[N+](C)(C)CC[N+](C)(C)CCCCOc1ccc(/C=C/c2ccc(/C=C/c3ccc(OCCCC[N+](C)(C)CC[N+](C)(C)C)cc3)cc2)cc1.[I-].[I-].[I-].[I-].[I-].[I-].[I-].[I-]. The molecule has 0 bridgehead atoms. The first-order chi connectivity index (χ1) is 48.9. The van der Waals surface area contributed by atoms with Gasteiger partial charge in [0.15, 0.2) is 0 Å². The Bertz CT molecular complexity index is 3230. The predicted molar refractivity (Wildman–Crippen MR) is 471 cm³/mol. The molecule has 6 aromatic rings. The molecular weight excluding hydrogens is 2330 g/mol. The summed E-state index contributed by atoms with van der Waals surface area (Å²) >= 11 is 0. The van der Waals surface area contributed by atoms with E-state index in [-0.39, 0.29) is 214 Å². The molecule has 0 aromatic heterocycles. The van der Waals surface area contributed by atoms with Crippen molar-refractivity contribution in [3.8, 4) is 23.0 Å². The van der Waals surface area contributed by atoms with Crippen LogP contribution in [0.4, 0.5) is 0 Å². The fourth-order valence-electron chi connectivity index (χ4n) is 11.7. The van der Waals surface area contributed by atoms with Gasteiger partial charge in [0.1, 0.15) is 75.4 Å². The molecular formula is C95H160I8N8O4. The Labute approximate surface area is 843 Å². The van der Waals surface area contributed by atoms with Crippen molar-refractivity contribution in [3.05, 3.63) is 190 Å². The molecule has 0 fully saturated rings. The van der Waals surface area contributed by atoms with E-state index < -0.39 is 0 Å². The maximum atomic E-state index is 6.03. The highest BCUT2D eigenvalue weighted by atomic mass is 127. The van der Waals surface area contributed by atoms with E-state index in [9.17, 15) is 0 Å². The number of unbranched alkanes of at least 4 members (excludes halogenated alkanes) is 8. The fraction of sp³-hybridized carbons (Fsp3) is 0.537. The molecule has 0 saturated heterocycles. The van der Waals surface area contributed by atoms with Crippen LogP contribution in [0.5, 0.6) is 23.0 Å². The van der Waals surface area contributed by atoms with Crippen LogP contribution in [0.25, 0.3) is 48.6 Å². The Morgan fingerprint density at radius 3 is 0.461 bits per heavy atom. The van der Waals surface area contributed by atoms with Gasteiger partial charge in [0.05, 0.1) is 194 Å². The van der Waals surface area contributed by atoms with E-state index in [0.29, 0.717) is 0 Å². The van der Waals surface area contributed by atoms with Gasteiger partial charge in [0, 0.05) is 0 Å². The first kappa shape index (κ1) is 127. The Morgan fingerprint density at radius 2 is 0.304 bits per heavy atom. The van der Waals surface area contributed by atoms with Gasteiger partial charge in [0.2, 0.25) is 0 Å². The molecule has 660 valence electrons. The van der Waals surface area contributed by atoms with Gasteiger partial charge >= 0.3 is 0 Å². The van der Waals surface area contributed by atoms with Crippen LogP contribution < -0.4 is 211 Å². The number of benzene rings is 6. The average Bonchev–Trinajstić information content (AvgIpc) is 0.876. The molecule has 0 N–H and O–H groups in total. The molecule has 0 aliphatic carbocycles. The summed E-state index contributed by atoms with van der Waals surface area (Å²) in [7, 11) is 46.0. The zero-order valence-electron chi connectivity index (χ0n) is 72.5. The lowest BCUT2D eigenvalue weighted by molar-refractivity contribution is -0.937. The van der Waals surface area contributed by atoms with E-state index in [4.69, 9.17) is 18.9 Å². The van der Waals surface area contributed by atoms with Gasteiger partial charge in [-0.3, -0.25) is 0 Å². The third-order valence-corrected chi connectivity index (χ3v) is 19.5. The summed E-state index contributed by atoms with van der Waals surface area (Å²) in [5, 5.41) is 0. The van der Waals surface area contributed by atoms with Crippen molar-refractivity contribution in [3.63, 3.8) is 0 Å². The highest BCUT2D eigenvalue weighted by Crippen LogP contribution is 2.22. The van der Waals surface area contributed by atoms with E-state index >= 15 is 0 Å². The second-order valence-corrected chi connectivity index (χ2v) is 36.2. The topological polar surface area (TPSA) is 36.9 Å². The summed E-state index contributed by atoms with van der Waals surface area (Å²) in [4.78, 5) is 0. The number of halogens is 8. The quantitative estimate of drug-likeness (QED) is 0.0167. The normalized spacial score (nSPS) is 11.7. The molecule has 0 amide bonds. The Hall–Kier alpha value is -1.000.